The fourth-order valence-corrected chi connectivity index (χ4v) is 0.594. The topological polar surface area (TPSA) is 9.23 Å². The zero-order valence-electron chi connectivity index (χ0n) is 6.02. The third-order valence-corrected chi connectivity index (χ3v) is 1.40. The molecule has 0 aromatic heterocycles. The molecule has 0 N–H and O–H groups in total. The largest absolute Gasteiger partial charge is 0.501 e. The molecule has 0 amide bonds. The van der Waals surface area contributed by atoms with Gasteiger partial charge >= 0.3 is 0 Å². The molecule has 0 atom stereocenters. The van der Waals surface area contributed by atoms with Crippen LogP contribution in [0.4, 0.5) is 0 Å². The maximum absolute atomic E-state index is 5.24. The predicted molar refractivity (Wildman–Crippen MR) is 38.2 cm³/mol. The van der Waals surface area contributed by atoms with Crippen LogP contribution in [0.2, 0.25) is 0 Å². The summed E-state index contributed by atoms with van der Waals surface area (Å²) in [5.74, 6) is 0. The molecule has 0 aromatic rings. The molecular formula is C8H14O. The SMILES string of the molecule is CCCCOC=C1CC1. The maximum Gasteiger partial charge on any atom is 0.0873 e. The van der Waals surface area contributed by atoms with E-state index in [0.29, 0.717) is 0 Å². The summed E-state index contributed by atoms with van der Waals surface area (Å²) in [6.07, 6.45) is 6.88. The van der Waals surface area contributed by atoms with Gasteiger partial charge in [-0.15, -0.1) is 0 Å². The second-order valence-electron chi connectivity index (χ2n) is 2.50. The van der Waals surface area contributed by atoms with E-state index >= 15 is 0 Å². The highest BCUT2D eigenvalue weighted by molar-refractivity contribution is 5.13. The maximum atomic E-state index is 5.24. The zero-order valence-corrected chi connectivity index (χ0v) is 6.02. The van der Waals surface area contributed by atoms with Gasteiger partial charge in [0.05, 0.1) is 12.9 Å². The number of allylic oxidation sites excluding steroid dienone is 1. The molecule has 1 saturated carbocycles. The molecule has 0 unspecified atom stereocenters. The highest BCUT2D eigenvalue weighted by Gasteiger charge is 2.10. The number of rotatable bonds is 4. The van der Waals surface area contributed by atoms with Gasteiger partial charge < -0.3 is 4.74 Å². The first kappa shape index (κ1) is 6.66. The van der Waals surface area contributed by atoms with E-state index in [1.54, 1.807) is 0 Å². The molecule has 1 heteroatoms. The normalized spacial score (nSPS) is 15.4. The van der Waals surface area contributed by atoms with E-state index in [9.17, 15) is 0 Å². The van der Waals surface area contributed by atoms with Crippen molar-refractivity contribution in [3.8, 4) is 0 Å². The molecule has 0 saturated heterocycles. The Morgan fingerprint density at radius 3 is 2.89 bits per heavy atom. The van der Waals surface area contributed by atoms with Gasteiger partial charge in [-0.25, -0.2) is 0 Å². The minimum Gasteiger partial charge on any atom is -0.501 e. The Bertz CT molecular complexity index is 99.1. The van der Waals surface area contributed by atoms with Crippen molar-refractivity contribution in [2.24, 2.45) is 0 Å². The minimum atomic E-state index is 0.903. The second kappa shape index (κ2) is 3.54. The molecule has 1 rings (SSSR count). The fourth-order valence-electron chi connectivity index (χ4n) is 0.594. The van der Waals surface area contributed by atoms with Gasteiger partial charge in [0, 0.05) is 0 Å². The lowest BCUT2D eigenvalue weighted by atomic mass is 10.4. The van der Waals surface area contributed by atoms with Crippen LogP contribution in [0, 0.1) is 0 Å². The summed E-state index contributed by atoms with van der Waals surface area (Å²) in [5.41, 5.74) is 1.48. The van der Waals surface area contributed by atoms with Crippen LogP contribution >= 0.6 is 0 Å². The summed E-state index contributed by atoms with van der Waals surface area (Å²) in [6.45, 7) is 3.08. The van der Waals surface area contributed by atoms with Gasteiger partial charge in [0.2, 0.25) is 0 Å². The van der Waals surface area contributed by atoms with Crippen LogP contribution in [0.5, 0.6) is 0 Å². The lowest BCUT2D eigenvalue weighted by Crippen LogP contribution is -1.84. The van der Waals surface area contributed by atoms with Gasteiger partial charge in [0.25, 0.3) is 0 Å². The van der Waals surface area contributed by atoms with Crippen molar-refractivity contribution in [1.29, 1.82) is 0 Å². The monoisotopic (exact) mass is 126 g/mol. The molecule has 0 aliphatic heterocycles. The number of unbranched alkanes of at least 4 members (excludes halogenated alkanes) is 1. The molecule has 0 bridgehead atoms. The van der Waals surface area contributed by atoms with E-state index in [-0.39, 0.29) is 0 Å². The Morgan fingerprint density at radius 1 is 1.56 bits per heavy atom. The van der Waals surface area contributed by atoms with Crippen molar-refractivity contribution in [3.63, 3.8) is 0 Å². The Labute approximate surface area is 56.7 Å². The summed E-state index contributed by atoms with van der Waals surface area (Å²) in [6, 6.07) is 0. The van der Waals surface area contributed by atoms with Crippen molar-refractivity contribution in [1.82, 2.24) is 0 Å². The third kappa shape index (κ3) is 3.17. The molecule has 0 spiro atoms. The standard InChI is InChI=1S/C8H14O/c1-2-3-6-9-7-8-4-5-8/h7H,2-6H2,1H3. The number of hydrogen-bond acceptors (Lipinski definition) is 1. The molecule has 1 aliphatic carbocycles. The lowest BCUT2D eigenvalue weighted by molar-refractivity contribution is 0.242. The predicted octanol–water partition coefficient (Wildman–Crippen LogP) is 2.48. The molecule has 9 heavy (non-hydrogen) atoms. The molecule has 1 nitrogen and oxygen atoms in total. The van der Waals surface area contributed by atoms with Crippen LogP contribution in [0.1, 0.15) is 32.6 Å². The smallest absolute Gasteiger partial charge is 0.0873 e. The summed E-state index contributed by atoms with van der Waals surface area (Å²) < 4.78 is 5.24. The first-order valence-electron chi connectivity index (χ1n) is 3.73. The van der Waals surface area contributed by atoms with Gasteiger partial charge in [-0.3, -0.25) is 0 Å². The molecule has 0 radical (unpaired) electrons. The van der Waals surface area contributed by atoms with E-state index < -0.39 is 0 Å². The van der Waals surface area contributed by atoms with Gasteiger partial charge in [-0.05, 0) is 24.8 Å². The Balaban J connectivity index is 1.87. The van der Waals surface area contributed by atoms with Crippen molar-refractivity contribution < 1.29 is 4.74 Å². The molecule has 0 heterocycles. The number of ether oxygens (including phenoxy) is 1. The first-order valence-corrected chi connectivity index (χ1v) is 3.73. The van der Waals surface area contributed by atoms with Crippen LogP contribution in [-0.2, 0) is 4.74 Å². The van der Waals surface area contributed by atoms with Crippen LogP contribution in [-0.4, -0.2) is 6.61 Å². The Hall–Kier alpha value is -0.460. The first-order chi connectivity index (χ1) is 4.43. The van der Waals surface area contributed by atoms with Crippen molar-refractivity contribution in [2.75, 3.05) is 6.61 Å². The summed E-state index contributed by atoms with van der Waals surface area (Å²) >= 11 is 0. The Kier molecular flexibility index (Phi) is 2.62. The summed E-state index contributed by atoms with van der Waals surface area (Å²) in [5, 5.41) is 0. The average Bonchev–Trinajstić information content (AvgIpc) is 2.63. The molecular weight excluding hydrogens is 112 g/mol. The van der Waals surface area contributed by atoms with E-state index in [1.165, 1.54) is 31.3 Å². The van der Waals surface area contributed by atoms with E-state index in [2.05, 4.69) is 6.92 Å². The molecule has 1 fully saturated rings. The number of hydrogen-bond donors (Lipinski definition) is 0. The second-order valence-corrected chi connectivity index (χ2v) is 2.50. The highest BCUT2D eigenvalue weighted by atomic mass is 16.5. The van der Waals surface area contributed by atoms with Crippen LogP contribution in [0.3, 0.4) is 0 Å². The highest BCUT2D eigenvalue weighted by Crippen LogP contribution is 2.27. The van der Waals surface area contributed by atoms with Crippen molar-refractivity contribution in [3.05, 3.63) is 11.8 Å². The summed E-state index contributed by atoms with van der Waals surface area (Å²) in [4.78, 5) is 0. The van der Waals surface area contributed by atoms with Crippen molar-refractivity contribution >= 4 is 0 Å². The molecule has 52 valence electrons. The fraction of sp³-hybridized carbons (Fsp3) is 0.750. The molecule has 1 aliphatic rings. The third-order valence-electron chi connectivity index (χ3n) is 1.40. The van der Waals surface area contributed by atoms with Crippen LogP contribution in [0.25, 0.3) is 0 Å². The summed E-state index contributed by atoms with van der Waals surface area (Å²) in [7, 11) is 0. The van der Waals surface area contributed by atoms with E-state index in [4.69, 9.17) is 4.74 Å². The zero-order chi connectivity index (χ0) is 6.53. The van der Waals surface area contributed by atoms with Crippen molar-refractivity contribution in [2.45, 2.75) is 32.6 Å². The van der Waals surface area contributed by atoms with Gasteiger partial charge in [-0.2, -0.15) is 0 Å². The average molecular weight is 126 g/mol. The van der Waals surface area contributed by atoms with Crippen LogP contribution < -0.4 is 0 Å². The van der Waals surface area contributed by atoms with E-state index in [0.717, 1.165) is 6.61 Å². The lowest BCUT2D eigenvalue weighted by Gasteiger charge is -1.95. The van der Waals surface area contributed by atoms with Gasteiger partial charge in [0.1, 0.15) is 0 Å². The quantitative estimate of drug-likeness (QED) is 0.415. The van der Waals surface area contributed by atoms with Crippen LogP contribution in [0.15, 0.2) is 11.8 Å². The van der Waals surface area contributed by atoms with Gasteiger partial charge in [0.15, 0.2) is 0 Å². The molecule has 0 aromatic carbocycles. The van der Waals surface area contributed by atoms with E-state index in [1.807, 2.05) is 6.26 Å². The Morgan fingerprint density at radius 2 is 2.33 bits per heavy atom. The minimum absolute atomic E-state index is 0.903. The van der Waals surface area contributed by atoms with Gasteiger partial charge in [-0.1, -0.05) is 13.3 Å².